The van der Waals surface area contributed by atoms with Gasteiger partial charge in [0, 0.05) is 53.7 Å². The van der Waals surface area contributed by atoms with Crippen molar-refractivity contribution in [3.8, 4) is 0 Å². The molecule has 2 rings (SSSR count). The van der Waals surface area contributed by atoms with E-state index in [0.717, 1.165) is 17.9 Å². The molecule has 0 aromatic carbocycles. The van der Waals surface area contributed by atoms with Crippen molar-refractivity contribution in [2.75, 3.05) is 18.1 Å². The summed E-state index contributed by atoms with van der Waals surface area (Å²) in [5.74, 6) is 1.49. The molecule has 2 atom stereocenters. The molecule has 1 fully saturated rings. The zero-order valence-electron chi connectivity index (χ0n) is 7.56. The van der Waals surface area contributed by atoms with Crippen LogP contribution in [-0.2, 0) is 17.8 Å². The maximum absolute atomic E-state index is 11.3. The molecule has 1 aliphatic rings. The third-order valence-corrected chi connectivity index (χ3v) is 3.56. The van der Waals surface area contributed by atoms with Crippen molar-refractivity contribution in [2.24, 2.45) is 7.05 Å². The van der Waals surface area contributed by atoms with Crippen molar-refractivity contribution in [3.63, 3.8) is 0 Å². The highest BCUT2D eigenvalue weighted by Crippen LogP contribution is 2.15. The van der Waals surface area contributed by atoms with Gasteiger partial charge in [-0.15, -0.1) is 0 Å². The van der Waals surface area contributed by atoms with Crippen LogP contribution in [0.4, 0.5) is 0 Å². The summed E-state index contributed by atoms with van der Waals surface area (Å²) in [6, 6.07) is 0.225. The third-order valence-electron chi connectivity index (χ3n) is 2.20. The van der Waals surface area contributed by atoms with Crippen LogP contribution in [0.25, 0.3) is 0 Å². The monoisotopic (exact) mass is 199 g/mol. The van der Waals surface area contributed by atoms with Crippen molar-refractivity contribution in [3.05, 3.63) is 18.0 Å². The summed E-state index contributed by atoms with van der Waals surface area (Å²) < 4.78 is 13.1. The van der Waals surface area contributed by atoms with E-state index < -0.39 is 10.8 Å². The topological polar surface area (TPSA) is 46.9 Å². The molecule has 0 aliphatic carbocycles. The molecular formula is C8H13N3OS. The largest absolute Gasteiger partial charge is 0.308 e. The zero-order chi connectivity index (χ0) is 9.26. The summed E-state index contributed by atoms with van der Waals surface area (Å²) in [6.07, 6.45) is 3.81. The molecule has 13 heavy (non-hydrogen) atoms. The molecule has 0 spiro atoms. The molecule has 72 valence electrons. The lowest BCUT2D eigenvalue weighted by atomic mass is 10.2. The second-order valence-corrected chi connectivity index (χ2v) is 4.89. The second-order valence-electron chi connectivity index (χ2n) is 3.26. The van der Waals surface area contributed by atoms with E-state index in [1.165, 1.54) is 0 Å². The predicted molar refractivity (Wildman–Crippen MR) is 51.8 cm³/mol. The van der Waals surface area contributed by atoms with Crippen LogP contribution in [0.2, 0.25) is 0 Å². The van der Waals surface area contributed by atoms with Gasteiger partial charge < -0.3 is 5.32 Å². The minimum absolute atomic E-state index is 0.225. The van der Waals surface area contributed by atoms with Gasteiger partial charge in [0.1, 0.15) is 0 Å². The molecule has 1 aliphatic heterocycles. The molecule has 0 saturated carbocycles. The first-order chi connectivity index (χ1) is 6.25. The Morgan fingerprint density at radius 2 is 2.62 bits per heavy atom. The fourth-order valence-electron chi connectivity index (χ4n) is 1.51. The average Bonchev–Trinajstić information content (AvgIpc) is 2.52. The van der Waals surface area contributed by atoms with E-state index in [0.29, 0.717) is 5.75 Å². The van der Waals surface area contributed by atoms with Gasteiger partial charge in [-0.25, -0.2) is 0 Å². The fraction of sp³-hybridized carbons (Fsp3) is 0.625. The van der Waals surface area contributed by atoms with Gasteiger partial charge in [0.05, 0.1) is 6.20 Å². The van der Waals surface area contributed by atoms with Crippen molar-refractivity contribution in [2.45, 2.75) is 6.04 Å². The van der Waals surface area contributed by atoms with Crippen LogP contribution in [-0.4, -0.2) is 32.0 Å². The zero-order valence-corrected chi connectivity index (χ0v) is 8.38. The minimum atomic E-state index is -0.661. The molecular weight excluding hydrogens is 186 g/mol. The smallest absolute Gasteiger partial charge is 0.0537 e. The Morgan fingerprint density at radius 1 is 1.77 bits per heavy atom. The van der Waals surface area contributed by atoms with Crippen molar-refractivity contribution < 1.29 is 4.21 Å². The summed E-state index contributed by atoms with van der Waals surface area (Å²) in [6.45, 7) is 0.839. The van der Waals surface area contributed by atoms with Gasteiger partial charge >= 0.3 is 0 Å². The lowest BCUT2D eigenvalue weighted by molar-refractivity contribution is 0.571. The SMILES string of the molecule is Cn1cc([C@H]2C[S@@](=O)CCN2)cn1. The van der Waals surface area contributed by atoms with Crippen LogP contribution in [0.1, 0.15) is 11.6 Å². The fourth-order valence-corrected chi connectivity index (χ4v) is 2.70. The number of hydrogen-bond acceptors (Lipinski definition) is 3. The minimum Gasteiger partial charge on any atom is -0.308 e. The van der Waals surface area contributed by atoms with Crippen LogP contribution in [0, 0.1) is 0 Å². The molecule has 0 unspecified atom stereocenters. The number of rotatable bonds is 1. The van der Waals surface area contributed by atoms with Gasteiger partial charge in [0.25, 0.3) is 0 Å². The number of aryl methyl sites for hydroxylation is 1. The molecule has 1 saturated heterocycles. The first-order valence-electron chi connectivity index (χ1n) is 4.32. The molecule has 0 radical (unpaired) electrons. The van der Waals surface area contributed by atoms with E-state index in [2.05, 4.69) is 10.4 Å². The number of nitrogens with zero attached hydrogens (tertiary/aromatic N) is 2. The van der Waals surface area contributed by atoms with E-state index >= 15 is 0 Å². The molecule has 0 amide bonds. The molecule has 1 aromatic heterocycles. The summed E-state index contributed by atoms with van der Waals surface area (Å²) in [7, 11) is 1.23. The van der Waals surface area contributed by atoms with Crippen LogP contribution >= 0.6 is 0 Å². The van der Waals surface area contributed by atoms with Crippen molar-refractivity contribution in [1.29, 1.82) is 0 Å². The van der Waals surface area contributed by atoms with E-state index in [-0.39, 0.29) is 6.04 Å². The molecule has 1 N–H and O–H groups in total. The first-order valence-corrected chi connectivity index (χ1v) is 5.81. The van der Waals surface area contributed by atoms with Crippen LogP contribution in [0.5, 0.6) is 0 Å². The Hall–Kier alpha value is -0.680. The maximum Gasteiger partial charge on any atom is 0.0537 e. The molecule has 2 heterocycles. The standard InChI is InChI=1S/C8H13N3OS/c1-11-5-7(4-10-11)8-6-13(12)3-2-9-8/h4-5,8-9H,2-3,6H2,1H3/t8-,13+/m1/s1. The van der Waals surface area contributed by atoms with E-state index in [9.17, 15) is 4.21 Å². The van der Waals surface area contributed by atoms with Gasteiger partial charge in [-0.05, 0) is 0 Å². The van der Waals surface area contributed by atoms with Crippen molar-refractivity contribution >= 4 is 10.8 Å². The Balaban J connectivity index is 2.12. The number of nitrogens with one attached hydrogen (secondary N) is 1. The summed E-state index contributed by atoms with van der Waals surface area (Å²) in [5, 5.41) is 7.43. The second kappa shape index (κ2) is 3.59. The summed E-state index contributed by atoms with van der Waals surface area (Å²) in [4.78, 5) is 0. The summed E-state index contributed by atoms with van der Waals surface area (Å²) >= 11 is 0. The molecule has 4 nitrogen and oxygen atoms in total. The van der Waals surface area contributed by atoms with Crippen LogP contribution in [0.15, 0.2) is 12.4 Å². The first kappa shape index (κ1) is 8.90. The third kappa shape index (κ3) is 1.97. The maximum atomic E-state index is 11.3. The van der Waals surface area contributed by atoms with Gasteiger partial charge in [-0.2, -0.15) is 5.10 Å². The van der Waals surface area contributed by atoms with E-state index in [1.54, 1.807) is 4.68 Å². The lowest BCUT2D eigenvalue weighted by Gasteiger charge is -2.21. The van der Waals surface area contributed by atoms with E-state index in [4.69, 9.17) is 0 Å². The average molecular weight is 199 g/mol. The van der Waals surface area contributed by atoms with Gasteiger partial charge in [0.2, 0.25) is 0 Å². The van der Waals surface area contributed by atoms with Crippen LogP contribution < -0.4 is 5.32 Å². The molecule has 1 aromatic rings. The van der Waals surface area contributed by atoms with E-state index in [1.807, 2.05) is 19.4 Å². The Kier molecular flexibility index (Phi) is 2.46. The van der Waals surface area contributed by atoms with Crippen LogP contribution in [0.3, 0.4) is 0 Å². The normalized spacial score (nSPS) is 29.0. The number of hydrogen-bond donors (Lipinski definition) is 1. The summed E-state index contributed by atoms with van der Waals surface area (Å²) in [5.41, 5.74) is 1.13. The predicted octanol–water partition coefficient (Wildman–Crippen LogP) is -0.187. The Bertz CT molecular complexity index is 323. The highest BCUT2D eigenvalue weighted by atomic mass is 32.2. The highest BCUT2D eigenvalue weighted by molar-refractivity contribution is 7.85. The van der Waals surface area contributed by atoms with Gasteiger partial charge in [-0.1, -0.05) is 0 Å². The Morgan fingerprint density at radius 3 is 3.23 bits per heavy atom. The van der Waals surface area contributed by atoms with Gasteiger partial charge in [0.15, 0.2) is 0 Å². The molecule has 5 heteroatoms. The molecule has 0 bridgehead atoms. The van der Waals surface area contributed by atoms with Gasteiger partial charge in [-0.3, -0.25) is 8.89 Å². The quantitative estimate of drug-likeness (QED) is 0.682. The van der Waals surface area contributed by atoms with Crippen molar-refractivity contribution in [1.82, 2.24) is 15.1 Å². The lowest BCUT2D eigenvalue weighted by Crippen LogP contribution is -2.36. The highest BCUT2D eigenvalue weighted by Gasteiger charge is 2.20. The Labute approximate surface area is 79.8 Å². The number of aromatic nitrogens is 2.